The lowest BCUT2D eigenvalue weighted by Gasteiger charge is -2.15. The molecule has 6 N–H and O–H groups in total. The third kappa shape index (κ3) is 10.1. The quantitative estimate of drug-likeness (QED) is 0.262. The molecule has 0 radical (unpaired) electrons. The number of hydrogen-bond donors (Lipinski definition) is 5. The van der Waals surface area contributed by atoms with Gasteiger partial charge in [0.2, 0.25) is 5.91 Å². The van der Waals surface area contributed by atoms with Crippen molar-refractivity contribution >= 4 is 23.8 Å². The Balaban J connectivity index is 0. The Hall–Kier alpha value is -2.72. The minimum Gasteiger partial charge on any atom is -0.480 e. The van der Waals surface area contributed by atoms with Crippen LogP contribution in [0.3, 0.4) is 0 Å². The second kappa shape index (κ2) is 11.8. The molecule has 1 amide bonds. The van der Waals surface area contributed by atoms with Crippen molar-refractivity contribution < 1.29 is 39.2 Å². The van der Waals surface area contributed by atoms with Crippen LogP contribution in [-0.2, 0) is 23.9 Å². The van der Waals surface area contributed by atoms with Gasteiger partial charge in [-0.2, -0.15) is 0 Å². The zero-order chi connectivity index (χ0) is 19.4. The lowest BCUT2D eigenvalue weighted by molar-refractivity contribution is -0.149. The van der Waals surface area contributed by atoms with E-state index in [-0.39, 0.29) is 0 Å². The number of carboxylic acids is 2. The van der Waals surface area contributed by atoms with E-state index in [1.54, 1.807) is 0 Å². The summed E-state index contributed by atoms with van der Waals surface area (Å²) < 4.78 is 4.56. The Morgan fingerprint density at radius 2 is 1.58 bits per heavy atom. The Kier molecular flexibility index (Phi) is 11.6. The number of aliphatic hydroxyl groups excluding tert-OH is 1. The predicted molar refractivity (Wildman–Crippen MR) is 82.8 cm³/mol. The topological polar surface area (TPSA) is 176 Å². The molecule has 0 heterocycles. The number of carboxylic acid groups (broad SMARTS) is 2. The molecule has 0 saturated heterocycles. The van der Waals surface area contributed by atoms with Gasteiger partial charge in [-0.05, 0) is 19.9 Å². The van der Waals surface area contributed by atoms with E-state index in [0.29, 0.717) is 0 Å². The molecule has 24 heavy (non-hydrogen) atoms. The summed E-state index contributed by atoms with van der Waals surface area (Å²) in [6.07, 6.45) is -0.0944. The fraction of sp³-hybridized carbons (Fsp3) is 0.429. The van der Waals surface area contributed by atoms with Crippen LogP contribution in [0, 0.1) is 0 Å². The molecule has 136 valence electrons. The van der Waals surface area contributed by atoms with Crippen LogP contribution >= 0.6 is 0 Å². The summed E-state index contributed by atoms with van der Waals surface area (Å²) in [7, 11) is 0. The van der Waals surface area contributed by atoms with Gasteiger partial charge in [-0.25, -0.2) is 9.59 Å². The standard InChI is InChI=1S/2C7H11NO4/c1-3-5(9)12-4(2)6(8)7(10)11;1-3-5(10)8-6(4(2)9)7(11)12/h3-4,6H,1,8H2,2H3,(H,10,11);3-4,6,9H,1H2,2H3,(H,8,10)(H,11,12). The number of carbonyl (C=O) groups excluding carboxylic acids is 2. The maximum absolute atomic E-state index is 10.6. The summed E-state index contributed by atoms with van der Waals surface area (Å²) in [5, 5.41) is 27.8. The fourth-order valence-electron chi connectivity index (χ4n) is 1.11. The number of ether oxygens (including phenoxy) is 1. The third-order valence-corrected chi connectivity index (χ3v) is 2.49. The molecule has 0 aliphatic heterocycles. The van der Waals surface area contributed by atoms with Gasteiger partial charge >= 0.3 is 17.9 Å². The molecule has 0 spiro atoms. The number of esters is 1. The largest absolute Gasteiger partial charge is 0.480 e. The lowest BCUT2D eigenvalue weighted by Crippen LogP contribution is -2.47. The van der Waals surface area contributed by atoms with Gasteiger partial charge in [-0.1, -0.05) is 13.2 Å². The fourth-order valence-corrected chi connectivity index (χ4v) is 1.11. The molecular formula is C14H22N2O8. The van der Waals surface area contributed by atoms with E-state index in [1.807, 2.05) is 0 Å². The van der Waals surface area contributed by atoms with Crippen molar-refractivity contribution in [3.63, 3.8) is 0 Å². The summed E-state index contributed by atoms with van der Waals surface area (Å²) in [6.45, 7) is 8.98. The minimum atomic E-state index is -1.28. The van der Waals surface area contributed by atoms with Crippen molar-refractivity contribution in [1.29, 1.82) is 0 Å². The van der Waals surface area contributed by atoms with Crippen LogP contribution in [0.4, 0.5) is 0 Å². The minimum absolute atomic E-state index is 0.622. The van der Waals surface area contributed by atoms with E-state index in [2.05, 4.69) is 23.2 Å². The van der Waals surface area contributed by atoms with Crippen molar-refractivity contribution in [3.8, 4) is 0 Å². The first-order valence-electron chi connectivity index (χ1n) is 6.63. The van der Waals surface area contributed by atoms with Gasteiger partial charge in [-0.3, -0.25) is 9.59 Å². The SMILES string of the molecule is C=CC(=O)NC(C(=O)O)C(C)O.C=CC(=O)OC(C)C(N)C(=O)O. The van der Waals surface area contributed by atoms with E-state index in [0.717, 1.165) is 12.2 Å². The maximum atomic E-state index is 10.6. The monoisotopic (exact) mass is 346 g/mol. The highest BCUT2D eigenvalue weighted by molar-refractivity contribution is 5.90. The van der Waals surface area contributed by atoms with Gasteiger partial charge in [0.25, 0.3) is 0 Å². The third-order valence-electron chi connectivity index (χ3n) is 2.49. The molecule has 0 saturated carbocycles. The zero-order valence-corrected chi connectivity index (χ0v) is 13.3. The van der Waals surface area contributed by atoms with E-state index in [1.165, 1.54) is 13.8 Å². The summed E-state index contributed by atoms with van der Waals surface area (Å²) >= 11 is 0. The van der Waals surface area contributed by atoms with Gasteiger partial charge in [0.05, 0.1) is 6.10 Å². The summed E-state index contributed by atoms with van der Waals surface area (Å²) in [4.78, 5) is 41.8. The normalized spacial score (nSPS) is 14.5. The van der Waals surface area contributed by atoms with Crippen molar-refractivity contribution in [2.75, 3.05) is 0 Å². The van der Waals surface area contributed by atoms with Crippen LogP contribution in [0.1, 0.15) is 13.8 Å². The average Bonchev–Trinajstić information content (AvgIpc) is 2.50. The maximum Gasteiger partial charge on any atom is 0.330 e. The molecule has 10 nitrogen and oxygen atoms in total. The summed E-state index contributed by atoms with van der Waals surface area (Å²) in [5.74, 6) is -3.79. The van der Waals surface area contributed by atoms with Crippen LogP contribution in [-0.4, -0.2) is 63.4 Å². The Morgan fingerprint density at radius 3 is 1.88 bits per heavy atom. The van der Waals surface area contributed by atoms with Crippen molar-refractivity contribution in [3.05, 3.63) is 25.3 Å². The molecule has 0 fully saturated rings. The Labute approximate surface area is 138 Å². The predicted octanol–water partition coefficient (Wildman–Crippen LogP) is -1.36. The second-order valence-electron chi connectivity index (χ2n) is 4.48. The second-order valence-corrected chi connectivity index (χ2v) is 4.48. The van der Waals surface area contributed by atoms with Crippen molar-refractivity contribution in [1.82, 2.24) is 5.32 Å². The van der Waals surface area contributed by atoms with E-state index >= 15 is 0 Å². The summed E-state index contributed by atoms with van der Waals surface area (Å²) in [5.41, 5.74) is 5.15. The number of carbonyl (C=O) groups is 4. The number of rotatable bonds is 8. The highest BCUT2D eigenvalue weighted by atomic mass is 16.5. The molecule has 0 aromatic rings. The number of hydrogen-bond acceptors (Lipinski definition) is 7. The molecule has 0 rings (SSSR count). The number of nitrogens with two attached hydrogens (primary N) is 1. The molecule has 0 aliphatic rings. The number of amides is 1. The van der Waals surface area contributed by atoms with Gasteiger partial charge in [0.1, 0.15) is 12.1 Å². The Morgan fingerprint density at radius 1 is 1.08 bits per heavy atom. The number of aliphatic hydroxyl groups is 1. The van der Waals surface area contributed by atoms with Crippen LogP contribution < -0.4 is 11.1 Å². The first kappa shape index (κ1) is 23.5. The van der Waals surface area contributed by atoms with Crippen LogP contribution in [0.15, 0.2) is 25.3 Å². The number of aliphatic carboxylic acids is 2. The van der Waals surface area contributed by atoms with Gasteiger partial charge in [0, 0.05) is 6.08 Å². The highest BCUT2D eigenvalue weighted by Gasteiger charge is 2.24. The molecule has 0 aromatic carbocycles. The molecule has 4 unspecified atom stereocenters. The molecule has 0 aliphatic carbocycles. The molecule has 0 bridgehead atoms. The van der Waals surface area contributed by atoms with E-state index in [4.69, 9.17) is 21.1 Å². The smallest absolute Gasteiger partial charge is 0.330 e. The highest BCUT2D eigenvalue weighted by Crippen LogP contribution is 1.97. The molecule has 0 aromatic heterocycles. The lowest BCUT2D eigenvalue weighted by atomic mass is 10.2. The molecular weight excluding hydrogens is 324 g/mol. The van der Waals surface area contributed by atoms with E-state index in [9.17, 15) is 19.2 Å². The van der Waals surface area contributed by atoms with E-state index < -0.39 is 48.1 Å². The van der Waals surface area contributed by atoms with Crippen LogP contribution in [0.2, 0.25) is 0 Å². The molecule has 10 heteroatoms. The van der Waals surface area contributed by atoms with Crippen LogP contribution in [0.25, 0.3) is 0 Å². The van der Waals surface area contributed by atoms with Gasteiger partial charge < -0.3 is 31.1 Å². The van der Waals surface area contributed by atoms with Crippen molar-refractivity contribution in [2.45, 2.75) is 38.1 Å². The average molecular weight is 346 g/mol. The van der Waals surface area contributed by atoms with Crippen LogP contribution in [0.5, 0.6) is 0 Å². The Bertz CT molecular complexity index is 489. The van der Waals surface area contributed by atoms with Crippen molar-refractivity contribution in [2.24, 2.45) is 5.73 Å². The summed E-state index contributed by atoms with van der Waals surface area (Å²) in [6, 6.07) is -2.48. The number of nitrogens with one attached hydrogen (secondary N) is 1. The van der Waals surface area contributed by atoms with Gasteiger partial charge in [0.15, 0.2) is 6.04 Å². The zero-order valence-electron chi connectivity index (χ0n) is 13.3. The first-order valence-corrected chi connectivity index (χ1v) is 6.63. The van der Waals surface area contributed by atoms with Gasteiger partial charge in [-0.15, -0.1) is 0 Å². The first-order chi connectivity index (χ1) is 11.0. The molecule has 4 atom stereocenters.